The van der Waals surface area contributed by atoms with Crippen LogP contribution in [-0.2, 0) is 13.6 Å². The second-order valence-electron chi connectivity index (χ2n) is 4.23. The maximum atomic E-state index is 12.0. The fourth-order valence-electron chi connectivity index (χ4n) is 1.91. The summed E-state index contributed by atoms with van der Waals surface area (Å²) in [6.07, 6.45) is 3.18. The summed E-state index contributed by atoms with van der Waals surface area (Å²) < 4.78 is 12.1. The summed E-state index contributed by atoms with van der Waals surface area (Å²) in [7, 11) is 4.93. The van der Waals surface area contributed by atoms with Crippen molar-refractivity contribution in [2.45, 2.75) is 6.54 Å². The fourth-order valence-corrected chi connectivity index (χ4v) is 1.91. The molecule has 0 fully saturated rings. The molecule has 0 bridgehead atoms. The van der Waals surface area contributed by atoms with Gasteiger partial charge in [0, 0.05) is 13.2 Å². The van der Waals surface area contributed by atoms with Crippen LogP contribution in [0, 0.1) is 0 Å². The van der Waals surface area contributed by atoms with E-state index < -0.39 is 0 Å². The first kappa shape index (κ1) is 13.9. The Labute approximate surface area is 117 Å². The predicted molar refractivity (Wildman–Crippen MR) is 73.9 cm³/mol. The largest absolute Gasteiger partial charge is 0.496 e. The fraction of sp³-hybridized carbons (Fsp3) is 0.286. The second-order valence-corrected chi connectivity index (χ2v) is 4.23. The highest BCUT2D eigenvalue weighted by atomic mass is 16.5. The number of aryl methyl sites for hydroxylation is 1. The van der Waals surface area contributed by atoms with Crippen molar-refractivity contribution in [2.75, 3.05) is 14.2 Å². The third kappa shape index (κ3) is 2.90. The summed E-state index contributed by atoms with van der Waals surface area (Å²) in [5.74, 6) is 1.16. The van der Waals surface area contributed by atoms with E-state index in [2.05, 4.69) is 10.4 Å². The standard InChI is InChI=1S/C14H17N3O3/c1-17-9-10(7-16-17)14(18)15-8-11-12(19-2)5-4-6-13(11)20-3/h4-7,9H,8H2,1-3H3,(H,15,18). The average molecular weight is 275 g/mol. The van der Waals surface area contributed by atoms with Gasteiger partial charge in [0.1, 0.15) is 11.5 Å². The van der Waals surface area contributed by atoms with Crippen LogP contribution in [0.1, 0.15) is 15.9 Å². The van der Waals surface area contributed by atoms with E-state index in [1.807, 2.05) is 18.2 Å². The number of benzene rings is 1. The number of aromatic nitrogens is 2. The van der Waals surface area contributed by atoms with Gasteiger partial charge in [0.05, 0.1) is 38.1 Å². The van der Waals surface area contributed by atoms with Gasteiger partial charge in [-0.1, -0.05) is 6.07 Å². The van der Waals surface area contributed by atoms with Crippen LogP contribution >= 0.6 is 0 Å². The van der Waals surface area contributed by atoms with Gasteiger partial charge in [-0.05, 0) is 12.1 Å². The van der Waals surface area contributed by atoms with Gasteiger partial charge in [0.2, 0.25) is 0 Å². The second kappa shape index (κ2) is 6.10. The highest BCUT2D eigenvalue weighted by Gasteiger charge is 2.12. The summed E-state index contributed by atoms with van der Waals surface area (Å²) in [4.78, 5) is 12.0. The van der Waals surface area contributed by atoms with Gasteiger partial charge in [0.25, 0.3) is 5.91 Å². The number of amides is 1. The summed E-state index contributed by atoms with van der Waals surface area (Å²) in [6.45, 7) is 0.320. The SMILES string of the molecule is COc1cccc(OC)c1CNC(=O)c1cnn(C)c1. The Morgan fingerprint density at radius 3 is 2.45 bits per heavy atom. The lowest BCUT2D eigenvalue weighted by Gasteiger charge is -2.13. The highest BCUT2D eigenvalue weighted by Crippen LogP contribution is 2.27. The maximum Gasteiger partial charge on any atom is 0.254 e. The number of carbonyl (C=O) groups excluding carboxylic acids is 1. The molecule has 1 amide bonds. The van der Waals surface area contributed by atoms with Crippen molar-refractivity contribution >= 4 is 5.91 Å². The summed E-state index contributed by atoms with van der Waals surface area (Å²) in [5.41, 5.74) is 1.32. The molecule has 1 N–H and O–H groups in total. The molecular weight excluding hydrogens is 258 g/mol. The first-order valence-corrected chi connectivity index (χ1v) is 6.12. The van der Waals surface area contributed by atoms with Gasteiger partial charge in [0.15, 0.2) is 0 Å². The van der Waals surface area contributed by atoms with Crippen LogP contribution in [-0.4, -0.2) is 29.9 Å². The molecule has 0 saturated carbocycles. The van der Waals surface area contributed by atoms with Crippen LogP contribution < -0.4 is 14.8 Å². The Morgan fingerprint density at radius 1 is 1.30 bits per heavy atom. The van der Waals surface area contributed by atoms with Crippen LogP contribution in [0.25, 0.3) is 0 Å². The predicted octanol–water partition coefficient (Wildman–Crippen LogP) is 1.37. The normalized spacial score (nSPS) is 10.2. The molecule has 0 aliphatic heterocycles. The summed E-state index contributed by atoms with van der Waals surface area (Å²) in [6, 6.07) is 5.49. The molecule has 6 nitrogen and oxygen atoms in total. The smallest absolute Gasteiger partial charge is 0.254 e. The molecule has 0 aliphatic carbocycles. The molecule has 1 heterocycles. The van der Waals surface area contributed by atoms with E-state index in [0.29, 0.717) is 23.6 Å². The lowest BCUT2D eigenvalue weighted by molar-refractivity contribution is 0.0950. The molecule has 106 valence electrons. The molecule has 2 aromatic rings. The van der Waals surface area contributed by atoms with Crippen molar-refractivity contribution < 1.29 is 14.3 Å². The van der Waals surface area contributed by atoms with Crippen LogP contribution in [0.3, 0.4) is 0 Å². The zero-order valence-electron chi connectivity index (χ0n) is 11.7. The topological polar surface area (TPSA) is 65.4 Å². The van der Waals surface area contributed by atoms with Crippen molar-refractivity contribution in [2.24, 2.45) is 7.05 Å². The highest BCUT2D eigenvalue weighted by molar-refractivity contribution is 5.93. The number of rotatable bonds is 5. The number of nitrogens with one attached hydrogen (secondary N) is 1. The molecule has 1 aromatic carbocycles. The van der Waals surface area contributed by atoms with E-state index in [9.17, 15) is 4.79 Å². The lowest BCUT2D eigenvalue weighted by atomic mass is 10.1. The molecule has 0 saturated heterocycles. The minimum absolute atomic E-state index is 0.189. The minimum atomic E-state index is -0.189. The van der Waals surface area contributed by atoms with E-state index in [-0.39, 0.29) is 5.91 Å². The maximum absolute atomic E-state index is 12.0. The lowest BCUT2D eigenvalue weighted by Crippen LogP contribution is -2.23. The Morgan fingerprint density at radius 2 is 1.95 bits per heavy atom. The molecule has 0 atom stereocenters. The number of carbonyl (C=O) groups is 1. The van der Waals surface area contributed by atoms with Gasteiger partial charge in [-0.25, -0.2) is 0 Å². The Bertz CT molecular complexity index is 585. The number of ether oxygens (including phenoxy) is 2. The van der Waals surface area contributed by atoms with Crippen molar-refractivity contribution in [3.8, 4) is 11.5 Å². The van der Waals surface area contributed by atoms with Crippen molar-refractivity contribution in [3.05, 3.63) is 41.7 Å². The summed E-state index contributed by atoms with van der Waals surface area (Å²) in [5, 5.41) is 6.79. The average Bonchev–Trinajstić information content (AvgIpc) is 2.90. The molecule has 2 rings (SSSR count). The van der Waals surface area contributed by atoms with Gasteiger partial charge in [-0.2, -0.15) is 5.10 Å². The minimum Gasteiger partial charge on any atom is -0.496 e. The van der Waals surface area contributed by atoms with Crippen LogP contribution in [0.2, 0.25) is 0 Å². The van der Waals surface area contributed by atoms with Crippen LogP contribution in [0.15, 0.2) is 30.6 Å². The molecule has 20 heavy (non-hydrogen) atoms. The van der Waals surface area contributed by atoms with Crippen LogP contribution in [0.4, 0.5) is 0 Å². The number of hydrogen-bond acceptors (Lipinski definition) is 4. The Balaban J connectivity index is 2.12. The van der Waals surface area contributed by atoms with Gasteiger partial charge >= 0.3 is 0 Å². The number of hydrogen-bond donors (Lipinski definition) is 1. The quantitative estimate of drug-likeness (QED) is 0.895. The summed E-state index contributed by atoms with van der Waals surface area (Å²) >= 11 is 0. The molecule has 0 unspecified atom stereocenters. The number of nitrogens with zero attached hydrogens (tertiary/aromatic N) is 2. The monoisotopic (exact) mass is 275 g/mol. The Kier molecular flexibility index (Phi) is 4.24. The van der Waals surface area contributed by atoms with E-state index in [1.165, 1.54) is 6.20 Å². The first-order chi connectivity index (χ1) is 9.65. The van der Waals surface area contributed by atoms with E-state index >= 15 is 0 Å². The van der Waals surface area contributed by atoms with Gasteiger partial charge in [-0.3, -0.25) is 9.48 Å². The zero-order chi connectivity index (χ0) is 14.5. The van der Waals surface area contributed by atoms with E-state index in [4.69, 9.17) is 9.47 Å². The third-order valence-corrected chi connectivity index (χ3v) is 2.92. The van der Waals surface area contributed by atoms with Crippen LogP contribution in [0.5, 0.6) is 11.5 Å². The Hall–Kier alpha value is -2.50. The molecule has 6 heteroatoms. The third-order valence-electron chi connectivity index (χ3n) is 2.92. The number of methoxy groups -OCH3 is 2. The first-order valence-electron chi connectivity index (χ1n) is 6.12. The van der Waals surface area contributed by atoms with Gasteiger partial charge in [-0.15, -0.1) is 0 Å². The van der Waals surface area contributed by atoms with Crippen molar-refractivity contribution in [1.29, 1.82) is 0 Å². The zero-order valence-corrected chi connectivity index (χ0v) is 11.7. The molecule has 0 aliphatic rings. The molecular formula is C14H17N3O3. The van der Waals surface area contributed by atoms with Crippen molar-refractivity contribution in [3.63, 3.8) is 0 Å². The molecule has 1 aromatic heterocycles. The molecule has 0 radical (unpaired) electrons. The van der Waals surface area contributed by atoms with Crippen molar-refractivity contribution in [1.82, 2.24) is 15.1 Å². The molecule has 0 spiro atoms. The van der Waals surface area contributed by atoms with E-state index in [0.717, 1.165) is 5.56 Å². The van der Waals surface area contributed by atoms with E-state index in [1.54, 1.807) is 32.1 Å². The van der Waals surface area contributed by atoms with Gasteiger partial charge < -0.3 is 14.8 Å².